The third-order valence-corrected chi connectivity index (χ3v) is 6.32. The van der Waals surface area contributed by atoms with Crippen LogP contribution in [0.5, 0.6) is 11.5 Å². The van der Waals surface area contributed by atoms with Crippen LogP contribution >= 0.6 is 0 Å². The van der Waals surface area contributed by atoms with Crippen LogP contribution in [0.4, 0.5) is 5.69 Å². The number of benzene rings is 3. The minimum atomic E-state index is -0.942. The number of nitrogens with one attached hydrogen (secondary N) is 1. The Morgan fingerprint density at radius 2 is 1.76 bits per heavy atom. The van der Waals surface area contributed by atoms with Gasteiger partial charge in [-0.05, 0) is 62.6 Å². The van der Waals surface area contributed by atoms with E-state index in [1.807, 2.05) is 69.3 Å². The number of carbonyl (C=O) groups is 2. The van der Waals surface area contributed by atoms with Crippen molar-refractivity contribution in [2.75, 3.05) is 11.7 Å². The maximum Gasteiger partial charge on any atom is 0.249 e. The third-order valence-electron chi connectivity index (χ3n) is 6.32. The summed E-state index contributed by atoms with van der Waals surface area (Å²) in [6, 6.07) is 19.5. The zero-order chi connectivity index (χ0) is 26.9. The molecule has 5 rings (SSSR count). The summed E-state index contributed by atoms with van der Waals surface area (Å²) in [5.41, 5.74) is 3.25. The summed E-state index contributed by atoms with van der Waals surface area (Å²) in [6.45, 7) is 7.80. The number of amides is 2. The molecule has 0 fully saturated rings. The number of aromatic nitrogens is 3. The van der Waals surface area contributed by atoms with E-state index in [2.05, 4.69) is 22.6 Å². The van der Waals surface area contributed by atoms with Crippen LogP contribution in [0, 0.1) is 0 Å². The van der Waals surface area contributed by atoms with Crippen molar-refractivity contribution in [2.24, 2.45) is 0 Å². The molecule has 0 radical (unpaired) electrons. The molecule has 2 heterocycles. The fourth-order valence-corrected chi connectivity index (χ4v) is 4.50. The van der Waals surface area contributed by atoms with Crippen LogP contribution in [0.2, 0.25) is 0 Å². The Kier molecular flexibility index (Phi) is 6.75. The lowest BCUT2D eigenvalue weighted by Crippen LogP contribution is -2.50. The van der Waals surface area contributed by atoms with Crippen LogP contribution in [0.3, 0.4) is 0 Å². The average molecular weight is 514 g/mol. The zero-order valence-corrected chi connectivity index (χ0v) is 22.0. The molecule has 38 heavy (non-hydrogen) atoms. The highest BCUT2D eigenvalue weighted by atomic mass is 16.7. The first-order chi connectivity index (χ1) is 18.2. The van der Waals surface area contributed by atoms with E-state index in [1.165, 1.54) is 4.90 Å². The maximum atomic E-state index is 14.1. The van der Waals surface area contributed by atoms with E-state index >= 15 is 0 Å². The number of hydrogen-bond acceptors (Lipinski definition) is 6. The number of rotatable bonds is 7. The second-order valence-corrected chi connectivity index (χ2v) is 10.3. The Balaban J connectivity index is 1.61. The monoisotopic (exact) mass is 513 g/mol. The molecule has 9 nitrogen and oxygen atoms in total. The number of aryl methyl sites for hydroxylation is 1. The van der Waals surface area contributed by atoms with E-state index in [0.29, 0.717) is 28.3 Å². The van der Waals surface area contributed by atoms with Crippen molar-refractivity contribution < 1.29 is 19.1 Å². The first-order valence-electron chi connectivity index (χ1n) is 12.6. The van der Waals surface area contributed by atoms with Crippen LogP contribution < -0.4 is 19.7 Å². The van der Waals surface area contributed by atoms with Crippen molar-refractivity contribution in [3.8, 4) is 11.5 Å². The van der Waals surface area contributed by atoms with Gasteiger partial charge in [-0.25, -0.2) is 4.68 Å². The number of para-hydroxylation sites is 1. The van der Waals surface area contributed by atoms with Crippen LogP contribution in [0.1, 0.15) is 44.9 Å². The van der Waals surface area contributed by atoms with Crippen LogP contribution in [-0.4, -0.2) is 39.1 Å². The van der Waals surface area contributed by atoms with Crippen molar-refractivity contribution >= 4 is 28.5 Å². The summed E-state index contributed by atoms with van der Waals surface area (Å²) in [6.07, 6.45) is 0.864. The van der Waals surface area contributed by atoms with Gasteiger partial charge in [0.05, 0.1) is 5.52 Å². The lowest BCUT2D eigenvalue weighted by Gasteiger charge is -2.34. The number of nitrogens with zero attached hydrogens (tertiary/aromatic N) is 4. The molecule has 2 amide bonds. The molecular weight excluding hydrogens is 482 g/mol. The van der Waals surface area contributed by atoms with Crippen LogP contribution in [0.15, 0.2) is 66.7 Å². The fraction of sp³-hybridized carbons (Fsp3) is 0.310. The summed E-state index contributed by atoms with van der Waals surface area (Å²) in [4.78, 5) is 29.5. The Labute approximate surface area is 221 Å². The van der Waals surface area contributed by atoms with Gasteiger partial charge in [0.1, 0.15) is 18.1 Å². The SMILES string of the molecule is CCc1ccc(C(C(=O)NC(C)(C)C)N(C(=O)Cn2nnc3ccccc32)c2ccc3c(c2)OCO3)cc1. The second kappa shape index (κ2) is 10.2. The van der Waals surface area contributed by atoms with Crippen molar-refractivity contribution in [2.45, 2.75) is 52.2 Å². The van der Waals surface area contributed by atoms with Crippen molar-refractivity contribution in [3.05, 3.63) is 77.9 Å². The number of fused-ring (bicyclic) bond motifs is 2. The minimum absolute atomic E-state index is 0.101. The van der Waals surface area contributed by atoms with Gasteiger partial charge < -0.3 is 14.8 Å². The molecule has 9 heteroatoms. The Morgan fingerprint density at radius 1 is 1.03 bits per heavy atom. The van der Waals surface area contributed by atoms with E-state index in [-0.39, 0.29) is 25.2 Å². The van der Waals surface area contributed by atoms with E-state index < -0.39 is 11.6 Å². The van der Waals surface area contributed by atoms with Crippen molar-refractivity contribution in [1.29, 1.82) is 0 Å². The summed E-state index contributed by atoms with van der Waals surface area (Å²) in [7, 11) is 0. The molecular formula is C29H31N5O4. The number of anilines is 1. The van der Waals surface area contributed by atoms with Crippen LogP contribution in [0.25, 0.3) is 11.0 Å². The number of hydrogen-bond donors (Lipinski definition) is 1. The average Bonchev–Trinajstić information content (AvgIpc) is 3.53. The minimum Gasteiger partial charge on any atom is -0.454 e. The van der Waals surface area contributed by atoms with Gasteiger partial charge in [0, 0.05) is 17.3 Å². The Hall–Kier alpha value is -4.40. The Bertz CT molecular complexity index is 1470. The molecule has 196 valence electrons. The highest BCUT2D eigenvalue weighted by molar-refractivity contribution is 6.02. The second-order valence-electron chi connectivity index (χ2n) is 10.3. The van der Waals surface area contributed by atoms with Crippen molar-refractivity contribution in [3.63, 3.8) is 0 Å². The summed E-state index contributed by atoms with van der Waals surface area (Å²) >= 11 is 0. The number of ether oxygens (including phenoxy) is 2. The smallest absolute Gasteiger partial charge is 0.249 e. The molecule has 0 spiro atoms. The van der Waals surface area contributed by atoms with Gasteiger partial charge >= 0.3 is 0 Å². The molecule has 0 saturated carbocycles. The topological polar surface area (TPSA) is 98.6 Å². The fourth-order valence-electron chi connectivity index (χ4n) is 4.50. The summed E-state index contributed by atoms with van der Waals surface area (Å²) < 4.78 is 12.6. The van der Waals surface area contributed by atoms with E-state index in [0.717, 1.165) is 17.5 Å². The highest BCUT2D eigenvalue weighted by Crippen LogP contribution is 2.38. The van der Waals surface area contributed by atoms with Gasteiger partial charge in [-0.2, -0.15) is 0 Å². The predicted octanol–water partition coefficient (Wildman–Crippen LogP) is 4.41. The van der Waals surface area contributed by atoms with Gasteiger partial charge in [-0.15, -0.1) is 5.10 Å². The van der Waals surface area contributed by atoms with E-state index in [9.17, 15) is 9.59 Å². The summed E-state index contributed by atoms with van der Waals surface area (Å²) in [5, 5.41) is 11.5. The van der Waals surface area contributed by atoms with Gasteiger partial charge in [0.25, 0.3) is 0 Å². The van der Waals surface area contributed by atoms with Gasteiger partial charge in [-0.1, -0.05) is 48.5 Å². The molecule has 3 aromatic carbocycles. The van der Waals surface area contributed by atoms with Gasteiger partial charge in [0.15, 0.2) is 11.5 Å². The normalized spacial score (nSPS) is 13.4. The summed E-state index contributed by atoms with van der Waals surface area (Å²) in [5.74, 6) is 0.485. The lowest BCUT2D eigenvalue weighted by atomic mass is 9.99. The van der Waals surface area contributed by atoms with E-state index in [4.69, 9.17) is 9.47 Å². The molecule has 1 unspecified atom stereocenters. The molecule has 1 aliphatic heterocycles. The predicted molar refractivity (Wildman–Crippen MR) is 144 cm³/mol. The van der Waals surface area contributed by atoms with Gasteiger partial charge in [-0.3, -0.25) is 14.5 Å². The molecule has 0 saturated heterocycles. The van der Waals surface area contributed by atoms with Gasteiger partial charge in [0.2, 0.25) is 18.6 Å². The Morgan fingerprint density at radius 3 is 2.50 bits per heavy atom. The molecule has 0 bridgehead atoms. The largest absolute Gasteiger partial charge is 0.454 e. The van der Waals surface area contributed by atoms with E-state index in [1.54, 1.807) is 22.9 Å². The molecule has 1 atom stereocenters. The number of carbonyl (C=O) groups excluding carboxylic acids is 2. The zero-order valence-electron chi connectivity index (χ0n) is 22.0. The molecule has 1 N–H and O–H groups in total. The molecule has 1 aliphatic rings. The molecule has 0 aliphatic carbocycles. The highest BCUT2D eigenvalue weighted by Gasteiger charge is 2.35. The lowest BCUT2D eigenvalue weighted by molar-refractivity contribution is -0.128. The third kappa shape index (κ3) is 5.18. The molecule has 1 aromatic heterocycles. The standard InChI is InChI=1S/C29H31N5O4/c1-5-19-10-12-20(13-11-19)27(28(36)30-29(2,3)4)34(21-14-15-24-25(16-21)38-18-37-24)26(35)17-33-23-9-7-6-8-22(23)31-32-33/h6-16,27H,5,17-18H2,1-4H3,(H,30,36). The van der Waals surface area contributed by atoms with Crippen LogP contribution in [-0.2, 0) is 22.6 Å². The molecule has 4 aromatic rings. The first kappa shape index (κ1) is 25.3. The quantitative estimate of drug-likeness (QED) is 0.393. The van der Waals surface area contributed by atoms with Crippen molar-refractivity contribution in [1.82, 2.24) is 20.3 Å². The maximum absolute atomic E-state index is 14.1. The first-order valence-corrected chi connectivity index (χ1v) is 12.6.